The third kappa shape index (κ3) is 3.54. The van der Waals surface area contributed by atoms with Crippen LogP contribution in [0.2, 0.25) is 5.02 Å². The lowest BCUT2D eigenvalue weighted by molar-refractivity contribution is -0.0634. The van der Waals surface area contributed by atoms with Crippen molar-refractivity contribution in [3.63, 3.8) is 0 Å². The van der Waals surface area contributed by atoms with Gasteiger partial charge in [0.25, 0.3) is 0 Å². The summed E-state index contributed by atoms with van der Waals surface area (Å²) in [5.74, 6) is 0. The molecule has 2 amide bonds. The first kappa shape index (κ1) is 16.9. The highest BCUT2D eigenvalue weighted by Gasteiger charge is 2.39. The number of piperidine rings is 1. The number of hydrogen-bond acceptors (Lipinski definition) is 3. The van der Waals surface area contributed by atoms with Crippen LogP contribution in [-0.4, -0.2) is 29.6 Å². The lowest BCUT2D eigenvalue weighted by atomic mass is 9.90. The van der Waals surface area contributed by atoms with Crippen molar-refractivity contribution < 1.29 is 9.63 Å². The molecule has 5 nitrogen and oxygen atoms in total. The number of carbonyl (C=O) groups is 1. The van der Waals surface area contributed by atoms with Gasteiger partial charge in [-0.25, -0.2) is 4.79 Å². The van der Waals surface area contributed by atoms with Crippen LogP contribution in [0.3, 0.4) is 0 Å². The summed E-state index contributed by atoms with van der Waals surface area (Å²) in [7, 11) is 0. The first-order valence-corrected chi connectivity index (χ1v) is 9.05. The summed E-state index contributed by atoms with van der Waals surface area (Å²) in [5.41, 5.74) is 5.54. The second kappa shape index (κ2) is 7.02. The molecular weight excluding hydrogens is 350 g/mol. The number of nitrogens with zero attached hydrogens (tertiary/aromatic N) is 1. The number of halogens is 1. The minimum atomic E-state index is -0.345. The molecule has 2 aliphatic rings. The largest absolute Gasteiger partial charge is 0.324 e. The van der Waals surface area contributed by atoms with Gasteiger partial charge >= 0.3 is 6.03 Å². The zero-order valence-corrected chi connectivity index (χ0v) is 15.0. The van der Waals surface area contributed by atoms with Gasteiger partial charge in [0, 0.05) is 36.6 Å². The fourth-order valence-electron chi connectivity index (χ4n) is 3.31. The van der Waals surface area contributed by atoms with Crippen molar-refractivity contribution in [3.05, 3.63) is 71.3 Å². The lowest BCUT2D eigenvalue weighted by Gasteiger charge is -2.36. The molecule has 2 heterocycles. The molecule has 0 unspecified atom stereocenters. The van der Waals surface area contributed by atoms with E-state index in [2.05, 4.69) is 29.0 Å². The summed E-state index contributed by atoms with van der Waals surface area (Å²) < 4.78 is 0. The molecule has 0 saturated carbocycles. The molecule has 6 heteroatoms. The zero-order valence-electron chi connectivity index (χ0n) is 14.2. The van der Waals surface area contributed by atoms with Crippen LogP contribution in [0.5, 0.6) is 0 Å². The van der Waals surface area contributed by atoms with Gasteiger partial charge in [-0.15, -0.1) is 0 Å². The molecule has 0 aromatic heterocycles. The molecule has 0 atom stereocenters. The van der Waals surface area contributed by atoms with Gasteiger partial charge in [-0.1, -0.05) is 41.9 Å². The first-order chi connectivity index (χ1) is 12.6. The van der Waals surface area contributed by atoms with Gasteiger partial charge < -0.3 is 10.2 Å². The van der Waals surface area contributed by atoms with Gasteiger partial charge in [0.05, 0.1) is 5.70 Å². The number of anilines is 1. The number of urea groups is 1. The smallest absolute Gasteiger partial charge is 0.321 e. The van der Waals surface area contributed by atoms with Crippen LogP contribution in [0, 0.1) is 0 Å². The number of benzene rings is 2. The molecule has 26 heavy (non-hydrogen) atoms. The van der Waals surface area contributed by atoms with E-state index in [1.165, 1.54) is 0 Å². The monoisotopic (exact) mass is 369 g/mol. The van der Waals surface area contributed by atoms with Crippen molar-refractivity contribution in [2.24, 2.45) is 0 Å². The van der Waals surface area contributed by atoms with E-state index in [0.29, 0.717) is 18.1 Å². The molecule has 0 radical (unpaired) electrons. The number of nitrogens with one attached hydrogen (secondary N) is 2. The van der Waals surface area contributed by atoms with E-state index >= 15 is 0 Å². The molecule has 2 N–H and O–H groups in total. The Morgan fingerprint density at radius 3 is 2.46 bits per heavy atom. The molecule has 2 aromatic carbocycles. The summed E-state index contributed by atoms with van der Waals surface area (Å²) in [6.45, 7) is 1.28. The number of carbonyl (C=O) groups excluding carboxylic acids is 1. The SMILES string of the molecule is O=C(Nc1ccc(Cl)cc1)N1CCC2(C=C(c3ccccc3)NO2)CC1. The highest BCUT2D eigenvalue weighted by molar-refractivity contribution is 6.30. The quantitative estimate of drug-likeness (QED) is 0.830. The van der Waals surface area contributed by atoms with E-state index in [4.69, 9.17) is 16.4 Å². The Balaban J connectivity index is 1.37. The van der Waals surface area contributed by atoms with Gasteiger partial charge in [-0.05, 0) is 35.9 Å². The molecule has 0 aliphatic carbocycles. The van der Waals surface area contributed by atoms with Gasteiger partial charge in [0.2, 0.25) is 0 Å². The van der Waals surface area contributed by atoms with Crippen molar-refractivity contribution in [2.45, 2.75) is 18.4 Å². The van der Waals surface area contributed by atoms with Crippen LogP contribution in [0.25, 0.3) is 5.70 Å². The molecular formula is C20H20ClN3O2. The van der Waals surface area contributed by atoms with Gasteiger partial charge in [0.1, 0.15) is 5.60 Å². The summed E-state index contributed by atoms with van der Waals surface area (Å²) in [6.07, 6.45) is 3.66. The molecule has 1 fully saturated rings. The van der Waals surface area contributed by atoms with Crippen LogP contribution < -0.4 is 10.8 Å². The van der Waals surface area contributed by atoms with Crippen LogP contribution in [-0.2, 0) is 4.84 Å². The summed E-state index contributed by atoms with van der Waals surface area (Å²) in [6, 6.07) is 17.1. The molecule has 2 aromatic rings. The fourth-order valence-corrected chi connectivity index (χ4v) is 3.44. The average Bonchev–Trinajstić information content (AvgIpc) is 3.08. The number of rotatable bonds is 2. The maximum atomic E-state index is 12.5. The maximum Gasteiger partial charge on any atom is 0.321 e. The van der Waals surface area contributed by atoms with Gasteiger partial charge in [0.15, 0.2) is 0 Å². The Kier molecular flexibility index (Phi) is 4.57. The topological polar surface area (TPSA) is 53.6 Å². The molecule has 1 saturated heterocycles. The minimum absolute atomic E-state index is 0.0969. The van der Waals surface area contributed by atoms with Crippen molar-refractivity contribution >= 4 is 29.0 Å². The van der Waals surface area contributed by atoms with E-state index in [9.17, 15) is 4.79 Å². The summed E-state index contributed by atoms with van der Waals surface area (Å²) in [5, 5.41) is 3.56. The number of hydrogen-bond donors (Lipinski definition) is 2. The summed E-state index contributed by atoms with van der Waals surface area (Å²) in [4.78, 5) is 20.2. The van der Waals surface area contributed by atoms with Crippen LogP contribution in [0.1, 0.15) is 18.4 Å². The van der Waals surface area contributed by atoms with E-state index in [0.717, 1.165) is 29.8 Å². The third-order valence-corrected chi connectivity index (χ3v) is 5.10. The number of amides is 2. The average molecular weight is 370 g/mol. The molecule has 0 bridgehead atoms. The van der Waals surface area contributed by atoms with Gasteiger partial charge in [-0.3, -0.25) is 10.3 Å². The fraction of sp³-hybridized carbons (Fsp3) is 0.250. The predicted octanol–water partition coefficient (Wildman–Crippen LogP) is 4.28. The predicted molar refractivity (Wildman–Crippen MR) is 103 cm³/mol. The highest BCUT2D eigenvalue weighted by Crippen LogP contribution is 2.34. The second-order valence-electron chi connectivity index (χ2n) is 6.62. The normalized spacial score (nSPS) is 18.3. The van der Waals surface area contributed by atoms with Crippen LogP contribution in [0.4, 0.5) is 10.5 Å². The number of hydroxylamine groups is 1. The van der Waals surface area contributed by atoms with Crippen LogP contribution >= 0.6 is 11.6 Å². The van der Waals surface area contributed by atoms with Crippen LogP contribution in [0.15, 0.2) is 60.7 Å². The Bertz CT molecular complexity index is 813. The minimum Gasteiger partial charge on any atom is -0.324 e. The van der Waals surface area contributed by atoms with E-state index < -0.39 is 0 Å². The first-order valence-electron chi connectivity index (χ1n) is 8.67. The highest BCUT2D eigenvalue weighted by atomic mass is 35.5. The lowest BCUT2D eigenvalue weighted by Crippen LogP contribution is -2.48. The van der Waals surface area contributed by atoms with Gasteiger partial charge in [-0.2, -0.15) is 0 Å². The maximum absolute atomic E-state index is 12.5. The zero-order chi connectivity index (χ0) is 18.0. The van der Waals surface area contributed by atoms with Crippen molar-refractivity contribution in [1.29, 1.82) is 0 Å². The molecule has 1 spiro atoms. The Labute approximate surface area is 157 Å². The van der Waals surface area contributed by atoms with E-state index in [-0.39, 0.29) is 11.6 Å². The standard InChI is InChI=1S/C20H20ClN3O2/c21-16-6-8-17(9-7-16)22-19(25)24-12-10-20(11-13-24)14-18(23-26-20)15-4-2-1-3-5-15/h1-9,14,23H,10-13H2,(H,22,25). The third-order valence-electron chi connectivity index (χ3n) is 4.85. The van der Waals surface area contributed by atoms with Crippen molar-refractivity contribution in [2.75, 3.05) is 18.4 Å². The molecule has 2 aliphatic heterocycles. The number of likely N-dealkylation sites (tertiary alicyclic amines) is 1. The summed E-state index contributed by atoms with van der Waals surface area (Å²) >= 11 is 5.87. The van der Waals surface area contributed by atoms with Crippen molar-refractivity contribution in [3.8, 4) is 0 Å². The van der Waals surface area contributed by atoms with E-state index in [1.54, 1.807) is 24.3 Å². The molecule has 134 valence electrons. The van der Waals surface area contributed by atoms with Crippen molar-refractivity contribution in [1.82, 2.24) is 10.4 Å². The Morgan fingerprint density at radius 1 is 1.08 bits per heavy atom. The molecule has 4 rings (SSSR count). The Hall–Kier alpha value is -2.50. The Morgan fingerprint density at radius 2 is 1.77 bits per heavy atom. The van der Waals surface area contributed by atoms with E-state index in [1.807, 2.05) is 23.1 Å². The second-order valence-corrected chi connectivity index (χ2v) is 7.05.